The second-order valence-corrected chi connectivity index (χ2v) is 12.6. The number of pyridine rings is 1. The molecule has 2 amide bonds. The smallest absolute Gasteiger partial charge is 0.243 e. The molecule has 1 saturated carbocycles. The van der Waals surface area contributed by atoms with Crippen molar-refractivity contribution in [1.29, 1.82) is 0 Å². The normalized spacial score (nSPS) is 21.6. The summed E-state index contributed by atoms with van der Waals surface area (Å²) in [5.41, 5.74) is 5.16. The van der Waals surface area contributed by atoms with Gasteiger partial charge in [-0.3, -0.25) is 19.4 Å². The monoisotopic (exact) mass is 585 g/mol. The van der Waals surface area contributed by atoms with E-state index in [0.29, 0.717) is 39.8 Å². The first-order valence-corrected chi connectivity index (χ1v) is 14.6. The summed E-state index contributed by atoms with van der Waals surface area (Å²) in [6, 6.07) is 2.23. The Hall–Kier alpha value is -4.41. The average Bonchev–Trinajstić information content (AvgIpc) is 3.21. The van der Waals surface area contributed by atoms with E-state index in [9.17, 15) is 18.8 Å². The summed E-state index contributed by atoms with van der Waals surface area (Å²) in [6.45, 7) is 12.2. The number of ketones is 1. The van der Waals surface area contributed by atoms with Crippen LogP contribution in [0.4, 0.5) is 4.39 Å². The Bertz CT molecular complexity index is 1870. The molecule has 0 unspecified atom stereocenters. The van der Waals surface area contributed by atoms with Gasteiger partial charge < -0.3 is 14.8 Å². The van der Waals surface area contributed by atoms with Crippen molar-refractivity contribution in [2.45, 2.75) is 86.0 Å². The molecular weight excluding hydrogens is 549 g/mol. The van der Waals surface area contributed by atoms with Crippen LogP contribution in [0.2, 0.25) is 0 Å². The number of likely N-dealkylation sites (tertiary alicyclic amines) is 1. The van der Waals surface area contributed by atoms with Gasteiger partial charge in [0, 0.05) is 47.2 Å². The molecule has 224 valence electrons. The summed E-state index contributed by atoms with van der Waals surface area (Å²) < 4.78 is 17.9. The van der Waals surface area contributed by atoms with Gasteiger partial charge in [0.05, 0.1) is 28.6 Å². The zero-order valence-corrected chi connectivity index (χ0v) is 25.5. The highest BCUT2D eigenvalue weighted by Crippen LogP contribution is 2.59. The number of carbonyl (C=O) groups is 3. The maximum atomic E-state index is 14.5. The molecule has 1 N–H and O–H groups in total. The highest BCUT2D eigenvalue weighted by molar-refractivity contribution is 6.08. The summed E-state index contributed by atoms with van der Waals surface area (Å²) in [4.78, 5) is 51.0. The predicted molar refractivity (Wildman–Crippen MR) is 160 cm³/mol. The number of rotatable bonds is 7. The molecule has 4 aromatic rings. The Morgan fingerprint density at radius 1 is 1.14 bits per heavy atom. The second kappa shape index (κ2) is 10.1. The summed E-state index contributed by atoms with van der Waals surface area (Å²) in [5, 5.41) is 7.90. The molecule has 10 nitrogen and oxygen atoms in total. The molecule has 5 heterocycles. The molecular formula is C32H36FN7O3. The number of halogens is 1. The van der Waals surface area contributed by atoms with Crippen LogP contribution in [0.5, 0.6) is 0 Å². The Morgan fingerprint density at radius 3 is 2.58 bits per heavy atom. The number of hydrogen-bond donors (Lipinski definition) is 1. The molecule has 0 spiro atoms. The third kappa shape index (κ3) is 4.90. The zero-order valence-electron chi connectivity index (χ0n) is 25.5. The summed E-state index contributed by atoms with van der Waals surface area (Å²) >= 11 is 0. The van der Waals surface area contributed by atoms with Crippen LogP contribution in [0, 0.1) is 19.3 Å². The number of carbonyl (C=O) groups excluding carboxylic acids is 3. The van der Waals surface area contributed by atoms with Gasteiger partial charge in [0.25, 0.3) is 0 Å². The van der Waals surface area contributed by atoms with Crippen LogP contribution in [0.25, 0.3) is 27.8 Å². The van der Waals surface area contributed by atoms with Gasteiger partial charge in [-0.2, -0.15) is 5.10 Å². The maximum Gasteiger partial charge on any atom is 0.243 e. The van der Waals surface area contributed by atoms with Crippen molar-refractivity contribution in [2.24, 2.45) is 5.41 Å². The minimum absolute atomic E-state index is 0.0485. The van der Waals surface area contributed by atoms with E-state index in [1.165, 1.54) is 6.92 Å². The summed E-state index contributed by atoms with van der Waals surface area (Å²) in [7, 11) is 0. The SMILES string of the molecule is CC(=O)c1cn(CC(=O)N2[C@H](C(=O)N[C@H](C)C(F)=C(C)C)C[C@@]3(C)C[C@@H]23)c2c(C)nc(-c3cnc4cc(C)nn4c3)cc12. The molecule has 0 bridgehead atoms. The Balaban J connectivity index is 1.32. The molecule has 1 saturated heterocycles. The second-order valence-electron chi connectivity index (χ2n) is 12.6. The average molecular weight is 586 g/mol. The fraction of sp³-hybridized carbons (Fsp3) is 0.438. The van der Waals surface area contributed by atoms with Gasteiger partial charge in [-0.15, -0.1) is 0 Å². The van der Waals surface area contributed by atoms with Gasteiger partial charge in [-0.25, -0.2) is 13.9 Å². The number of nitrogens with one attached hydrogen (secondary N) is 1. The zero-order chi connectivity index (χ0) is 31.0. The van der Waals surface area contributed by atoms with Crippen molar-refractivity contribution in [3.8, 4) is 11.3 Å². The predicted octanol–water partition coefficient (Wildman–Crippen LogP) is 4.71. The topological polar surface area (TPSA) is 114 Å². The molecule has 4 aromatic heterocycles. The van der Waals surface area contributed by atoms with E-state index in [4.69, 9.17) is 4.98 Å². The molecule has 6 rings (SSSR count). The lowest BCUT2D eigenvalue weighted by atomic mass is 10.0. The number of Topliss-reactive ketones (excluding diaryl/α,β-unsaturated/α-hetero) is 1. The molecule has 2 aliphatic rings. The molecule has 11 heteroatoms. The first kappa shape index (κ1) is 28.7. The number of allylic oxidation sites excluding steroid dienone is 1. The van der Waals surface area contributed by atoms with E-state index in [2.05, 4.69) is 22.3 Å². The third-order valence-electron chi connectivity index (χ3n) is 8.89. The van der Waals surface area contributed by atoms with Gasteiger partial charge >= 0.3 is 0 Å². The lowest BCUT2D eigenvalue weighted by molar-refractivity contribution is -0.140. The van der Waals surface area contributed by atoms with E-state index in [1.807, 2.05) is 32.2 Å². The minimum atomic E-state index is -0.776. The van der Waals surface area contributed by atoms with E-state index < -0.39 is 12.1 Å². The minimum Gasteiger partial charge on any atom is -0.345 e. The lowest BCUT2D eigenvalue weighted by Gasteiger charge is -2.28. The Morgan fingerprint density at radius 2 is 1.88 bits per heavy atom. The Labute approximate surface area is 249 Å². The first-order chi connectivity index (χ1) is 20.3. The van der Waals surface area contributed by atoms with Crippen LogP contribution >= 0.6 is 0 Å². The van der Waals surface area contributed by atoms with Crippen molar-refractivity contribution < 1.29 is 18.8 Å². The summed E-state index contributed by atoms with van der Waals surface area (Å²) in [5.74, 6) is -1.09. The first-order valence-electron chi connectivity index (χ1n) is 14.6. The molecule has 0 aromatic carbocycles. The van der Waals surface area contributed by atoms with Gasteiger partial charge in [0.1, 0.15) is 18.4 Å². The standard InChI is InChI=1S/C32H36FN7O3/c1-16(2)29(33)18(4)36-31(43)25-10-32(7)11-26(32)40(25)28(42)15-38-14-23(20(6)41)22-9-24(35-19(5)30(22)38)21-12-34-27-8-17(3)37-39(27)13-21/h8-9,12-14,18,25-26H,10-11,15H2,1-7H3,(H,36,43)/t18-,25+,26-,32+/m1/s1. The number of hydrogen-bond acceptors (Lipinski definition) is 6. The van der Waals surface area contributed by atoms with Crippen molar-refractivity contribution in [2.75, 3.05) is 0 Å². The fourth-order valence-electron chi connectivity index (χ4n) is 6.60. The van der Waals surface area contributed by atoms with Crippen molar-refractivity contribution in [3.63, 3.8) is 0 Å². The fourth-order valence-corrected chi connectivity index (χ4v) is 6.60. The van der Waals surface area contributed by atoms with Crippen molar-refractivity contribution in [1.82, 2.24) is 34.4 Å². The number of nitrogens with zero attached hydrogens (tertiary/aromatic N) is 6. The van der Waals surface area contributed by atoms with Crippen LogP contribution in [-0.2, 0) is 16.1 Å². The van der Waals surface area contributed by atoms with Crippen LogP contribution in [0.3, 0.4) is 0 Å². The number of aromatic nitrogens is 5. The number of fused-ring (bicyclic) bond motifs is 3. The van der Waals surface area contributed by atoms with Crippen molar-refractivity contribution in [3.05, 3.63) is 59.1 Å². The molecule has 1 aliphatic carbocycles. The molecule has 0 radical (unpaired) electrons. The number of piperidine rings is 1. The highest BCUT2D eigenvalue weighted by atomic mass is 19.1. The van der Waals surface area contributed by atoms with E-state index in [0.717, 1.165) is 23.3 Å². The molecule has 4 atom stereocenters. The van der Waals surface area contributed by atoms with E-state index in [1.54, 1.807) is 47.1 Å². The molecule has 1 aliphatic heterocycles. The van der Waals surface area contributed by atoms with E-state index in [-0.39, 0.29) is 41.4 Å². The van der Waals surface area contributed by atoms with Crippen molar-refractivity contribution >= 4 is 34.1 Å². The van der Waals surface area contributed by atoms with Crippen LogP contribution in [0.15, 0.2) is 42.1 Å². The largest absolute Gasteiger partial charge is 0.345 e. The number of aryl methyl sites for hydroxylation is 2. The van der Waals surface area contributed by atoms with Gasteiger partial charge in [0.15, 0.2) is 11.4 Å². The van der Waals surface area contributed by atoms with E-state index >= 15 is 0 Å². The number of amides is 2. The third-order valence-corrected chi connectivity index (χ3v) is 8.89. The maximum absolute atomic E-state index is 14.5. The van der Waals surface area contributed by atoms with Crippen LogP contribution in [-0.4, -0.2) is 64.8 Å². The highest BCUT2D eigenvalue weighted by Gasteiger charge is 2.64. The van der Waals surface area contributed by atoms with Gasteiger partial charge in [-0.05, 0) is 71.4 Å². The molecule has 43 heavy (non-hydrogen) atoms. The molecule has 2 fully saturated rings. The quantitative estimate of drug-likeness (QED) is 0.314. The summed E-state index contributed by atoms with van der Waals surface area (Å²) in [6.07, 6.45) is 6.64. The van der Waals surface area contributed by atoms with Gasteiger partial charge in [-0.1, -0.05) is 6.92 Å². The van der Waals surface area contributed by atoms with Crippen LogP contribution < -0.4 is 5.32 Å². The van der Waals surface area contributed by atoms with Gasteiger partial charge in [0.2, 0.25) is 11.8 Å². The Kier molecular flexibility index (Phi) is 6.74. The van der Waals surface area contributed by atoms with Crippen LogP contribution in [0.1, 0.15) is 69.2 Å². The lowest BCUT2D eigenvalue weighted by Crippen LogP contribution is -2.50.